The largest absolute Gasteiger partial charge is 0.493 e. The summed E-state index contributed by atoms with van der Waals surface area (Å²) in [6, 6.07) is 10.7. The Hall–Kier alpha value is -8.99. The molecule has 2 aromatic carbocycles. The maximum Gasteiger partial charge on any atom is 0.407 e. The van der Waals surface area contributed by atoms with E-state index in [0.717, 1.165) is 4.90 Å². The lowest BCUT2D eigenvalue weighted by Gasteiger charge is -2.25. The van der Waals surface area contributed by atoms with Crippen LogP contribution in [0.5, 0.6) is 11.5 Å². The molecule has 6 rings (SSSR count). The molecule has 28 nitrogen and oxygen atoms in total. The molecule has 2 atom stereocenters. The number of pyridine rings is 1. The normalized spacial score (nSPS) is 13.6. The Bertz CT molecular complexity index is 2890. The van der Waals surface area contributed by atoms with Gasteiger partial charge in [0.25, 0.3) is 17.7 Å². The van der Waals surface area contributed by atoms with Crippen molar-refractivity contribution >= 4 is 70.4 Å². The number of likely N-dealkylation sites (N-methyl/N-ethyl adjacent to an activating group) is 1. The zero-order chi connectivity index (χ0) is 60.2. The molecule has 0 fully saturated rings. The number of rotatable bonds is 32. The molecule has 2 aromatic heterocycles. The van der Waals surface area contributed by atoms with E-state index in [1.54, 1.807) is 74.8 Å². The van der Waals surface area contributed by atoms with Crippen LogP contribution in [0.1, 0.15) is 55.6 Å². The molecule has 28 heteroatoms. The zero-order valence-electron chi connectivity index (χ0n) is 47.2. The van der Waals surface area contributed by atoms with Crippen LogP contribution in [0.2, 0.25) is 0 Å². The van der Waals surface area contributed by atoms with E-state index in [-0.39, 0.29) is 121 Å². The van der Waals surface area contributed by atoms with Crippen molar-refractivity contribution in [2.45, 2.75) is 58.2 Å². The Balaban J connectivity index is 0.876. The molecular weight excluding hydrogens is 1090 g/mol. The van der Waals surface area contributed by atoms with Gasteiger partial charge in [0.05, 0.1) is 102 Å². The maximum atomic E-state index is 13.6. The van der Waals surface area contributed by atoms with Gasteiger partial charge in [0.15, 0.2) is 11.5 Å². The topological polar surface area (TPSA) is 371 Å². The quantitative estimate of drug-likeness (QED) is 0.0257. The van der Waals surface area contributed by atoms with Crippen molar-refractivity contribution in [1.82, 2.24) is 41.1 Å². The highest BCUT2D eigenvalue weighted by atomic mass is 16.6. The number of fused-ring (bicyclic) bond motifs is 5. The summed E-state index contributed by atoms with van der Waals surface area (Å²) in [5.74, 6) is -2.30. The summed E-state index contributed by atoms with van der Waals surface area (Å²) in [6.07, 6.45) is 7.20. The maximum absolute atomic E-state index is 13.6. The van der Waals surface area contributed by atoms with Gasteiger partial charge in [-0.25, -0.2) is 19.6 Å². The van der Waals surface area contributed by atoms with E-state index in [1.165, 1.54) is 18.3 Å². The fourth-order valence-electron chi connectivity index (χ4n) is 8.16. The number of nitrogens with two attached hydrogens (primary N) is 2. The second-order valence-corrected chi connectivity index (χ2v) is 19.3. The number of primary amides is 1. The number of nitrogen functional groups attached to an aromatic ring is 1. The molecule has 0 spiro atoms. The molecule has 2 bridgehead atoms. The minimum absolute atomic E-state index is 0.0409. The number of carbonyl (C=O) groups excluding carboxylic acids is 8. The monoisotopic (exact) mass is 1170 g/mol. The summed E-state index contributed by atoms with van der Waals surface area (Å²) in [4.78, 5) is 116. The molecule has 9 amide bonds. The standard InChI is InChI=1S/C56H73N13O15/c1-36(2)49(67-46(70)16-23-78-26-28-80-30-31-81-29-27-79-24-21-69-47(71)13-14-48(69)72)53(74)65-41(6-4-17-60-55(58)76)52(73)63-38-9-7-37(8-10-38)35-84-56(77)61-18-5-22-82-39-11-12-40-42-34-62-51(57)50(64-42)54(75)66-43-33-59-19-15-44(43)68(3)20-25-83-45(40)32-39/h7-15,19,32-34,36,41,49H,4-6,16-18,20-31,35H2,1-3H3,(H2,57,62)(H,61,77)(H,63,73)(H,65,74)(H,66,75)(H,67,70)(H3,58,60,76). The molecule has 84 heavy (non-hydrogen) atoms. The number of aromatic nitrogens is 3. The van der Waals surface area contributed by atoms with Gasteiger partial charge in [-0.15, -0.1) is 0 Å². The van der Waals surface area contributed by atoms with Gasteiger partial charge < -0.3 is 81.4 Å². The number of imide groups is 1. The van der Waals surface area contributed by atoms with Crippen molar-refractivity contribution in [3.05, 3.63) is 90.5 Å². The summed E-state index contributed by atoms with van der Waals surface area (Å²) >= 11 is 0. The number of carbonyl (C=O) groups is 8. The van der Waals surface area contributed by atoms with Gasteiger partial charge in [-0.2, -0.15) is 0 Å². The van der Waals surface area contributed by atoms with Gasteiger partial charge in [0.1, 0.15) is 36.8 Å². The fraction of sp³-hybridized carbons (Fsp3) is 0.446. The van der Waals surface area contributed by atoms with Gasteiger partial charge in [-0.1, -0.05) is 26.0 Å². The summed E-state index contributed by atoms with van der Waals surface area (Å²) in [7, 11) is 1.87. The molecule has 4 aromatic rings. The number of nitrogens with one attached hydrogen (secondary N) is 6. The lowest BCUT2D eigenvalue weighted by Crippen LogP contribution is -2.54. The number of hydrogen-bond donors (Lipinski definition) is 8. The van der Waals surface area contributed by atoms with E-state index >= 15 is 0 Å². The first-order chi connectivity index (χ1) is 40.6. The Morgan fingerprint density at radius 1 is 0.798 bits per heavy atom. The van der Waals surface area contributed by atoms with Crippen LogP contribution in [0, 0.1) is 5.92 Å². The molecule has 2 aliphatic heterocycles. The highest BCUT2D eigenvalue weighted by Crippen LogP contribution is 2.34. The lowest BCUT2D eigenvalue weighted by atomic mass is 10.0. The van der Waals surface area contributed by atoms with Gasteiger partial charge in [-0.05, 0) is 61.1 Å². The SMILES string of the molecule is CC(C)C(NC(=O)CCOCCOCCOCCOCCN1C(=O)C=CC1=O)C(=O)NC(CCCNC(N)=O)C(=O)Nc1ccc(COC(=O)NCCCOc2ccc3c(c2)OCCN(C)c2ccncc2NC(=O)c2nc-3cnc2N)cc1. The summed E-state index contributed by atoms with van der Waals surface area (Å²) < 4.78 is 39.5. The highest BCUT2D eigenvalue weighted by molar-refractivity contribution is 6.13. The number of anilines is 4. The van der Waals surface area contributed by atoms with Gasteiger partial charge in [0, 0.05) is 62.2 Å². The van der Waals surface area contributed by atoms with Crippen LogP contribution >= 0.6 is 0 Å². The highest BCUT2D eigenvalue weighted by Gasteiger charge is 2.29. The average molecular weight is 1170 g/mol. The Kier molecular flexibility index (Phi) is 25.8. The third-order valence-electron chi connectivity index (χ3n) is 12.7. The van der Waals surface area contributed by atoms with Gasteiger partial charge in [-0.3, -0.25) is 38.7 Å². The van der Waals surface area contributed by atoms with E-state index in [1.807, 2.05) is 11.9 Å². The van der Waals surface area contributed by atoms with Crippen LogP contribution in [0.3, 0.4) is 0 Å². The van der Waals surface area contributed by atoms with Crippen LogP contribution < -0.4 is 57.7 Å². The third kappa shape index (κ3) is 21.1. The van der Waals surface area contributed by atoms with E-state index < -0.39 is 47.8 Å². The van der Waals surface area contributed by atoms with E-state index in [0.29, 0.717) is 78.2 Å². The molecule has 0 saturated carbocycles. The number of hydrogen-bond acceptors (Lipinski definition) is 20. The fourth-order valence-corrected chi connectivity index (χ4v) is 8.16. The molecule has 2 unspecified atom stereocenters. The predicted octanol–water partition coefficient (Wildman–Crippen LogP) is 2.29. The predicted molar refractivity (Wildman–Crippen MR) is 305 cm³/mol. The van der Waals surface area contributed by atoms with Crippen LogP contribution in [-0.4, -0.2) is 179 Å². The molecule has 4 heterocycles. The minimum Gasteiger partial charge on any atom is -0.493 e. The second-order valence-electron chi connectivity index (χ2n) is 19.3. The number of amides is 9. The van der Waals surface area contributed by atoms with E-state index in [4.69, 9.17) is 44.6 Å². The Morgan fingerprint density at radius 3 is 2.19 bits per heavy atom. The molecule has 452 valence electrons. The summed E-state index contributed by atoms with van der Waals surface area (Å²) in [5, 5.41) is 16.3. The van der Waals surface area contributed by atoms with Crippen LogP contribution in [0.25, 0.3) is 11.3 Å². The Morgan fingerprint density at radius 2 is 1.49 bits per heavy atom. The number of ether oxygens (including phenoxy) is 7. The van der Waals surface area contributed by atoms with Crippen LogP contribution in [0.15, 0.2) is 79.3 Å². The van der Waals surface area contributed by atoms with Crippen molar-refractivity contribution in [2.75, 3.05) is 121 Å². The number of urea groups is 1. The summed E-state index contributed by atoms with van der Waals surface area (Å²) in [5.41, 5.74) is 14.4. The van der Waals surface area contributed by atoms with E-state index in [2.05, 4.69) is 46.9 Å². The number of benzene rings is 2. The zero-order valence-corrected chi connectivity index (χ0v) is 47.2. The third-order valence-corrected chi connectivity index (χ3v) is 12.7. The van der Waals surface area contributed by atoms with Crippen LogP contribution in [0.4, 0.5) is 32.5 Å². The van der Waals surface area contributed by atoms with Crippen molar-refractivity contribution in [1.29, 1.82) is 0 Å². The second kappa shape index (κ2) is 33.8. The van der Waals surface area contributed by atoms with Crippen molar-refractivity contribution in [2.24, 2.45) is 11.7 Å². The molecule has 0 aliphatic carbocycles. The van der Waals surface area contributed by atoms with Crippen molar-refractivity contribution < 1.29 is 71.5 Å². The van der Waals surface area contributed by atoms with Crippen LogP contribution in [-0.2, 0) is 54.3 Å². The first-order valence-corrected chi connectivity index (χ1v) is 27.3. The first-order valence-electron chi connectivity index (χ1n) is 27.3. The molecule has 0 radical (unpaired) electrons. The smallest absolute Gasteiger partial charge is 0.407 e. The van der Waals surface area contributed by atoms with Gasteiger partial charge >= 0.3 is 12.1 Å². The number of nitrogens with zero attached hydrogens (tertiary/aromatic N) is 5. The van der Waals surface area contributed by atoms with Crippen molar-refractivity contribution in [3.63, 3.8) is 0 Å². The molecule has 2 aliphatic rings. The Labute approximate surface area is 485 Å². The molecule has 10 N–H and O–H groups in total. The summed E-state index contributed by atoms with van der Waals surface area (Å²) in [6.45, 7) is 6.89. The van der Waals surface area contributed by atoms with E-state index in [9.17, 15) is 38.4 Å². The average Bonchev–Trinajstić information content (AvgIpc) is 3.65. The van der Waals surface area contributed by atoms with Crippen molar-refractivity contribution in [3.8, 4) is 22.8 Å². The minimum atomic E-state index is -1.07. The number of alkyl carbamates (subject to hydrolysis) is 1. The first kappa shape index (κ1) is 64.2. The van der Waals surface area contributed by atoms with Gasteiger partial charge in [0.2, 0.25) is 17.7 Å². The lowest BCUT2D eigenvalue weighted by molar-refractivity contribution is -0.137. The molecular formula is C56H73N13O15. The molecule has 0 saturated heterocycles.